The van der Waals surface area contributed by atoms with Gasteiger partial charge in [-0.05, 0) is 12.8 Å². The predicted molar refractivity (Wildman–Crippen MR) is 77.4 cm³/mol. The number of rotatable bonds is 8. The SMILES string of the molecule is CCCC(C(=O)N(CCC)CC(=O)N(C)C)C(N)=NO. The lowest BCUT2D eigenvalue weighted by Gasteiger charge is -2.27. The Morgan fingerprint density at radius 1 is 1.25 bits per heavy atom. The molecular formula is C13H26N4O3. The number of carbonyl (C=O) groups excluding carboxylic acids is 2. The van der Waals surface area contributed by atoms with Crippen LogP contribution in [0.4, 0.5) is 0 Å². The van der Waals surface area contributed by atoms with Gasteiger partial charge in [-0.25, -0.2) is 0 Å². The number of nitrogens with two attached hydrogens (primary N) is 1. The first-order chi connectivity index (χ1) is 9.38. The molecule has 0 aliphatic rings. The number of likely N-dealkylation sites (N-methyl/N-ethyl adjacent to an activating group) is 1. The molecule has 2 amide bonds. The van der Waals surface area contributed by atoms with E-state index < -0.39 is 5.92 Å². The van der Waals surface area contributed by atoms with Crippen LogP contribution in [0.5, 0.6) is 0 Å². The summed E-state index contributed by atoms with van der Waals surface area (Å²) in [5.74, 6) is -1.19. The van der Waals surface area contributed by atoms with Crippen LogP contribution in [0.25, 0.3) is 0 Å². The lowest BCUT2D eigenvalue weighted by atomic mass is 10.0. The Labute approximate surface area is 120 Å². The fourth-order valence-electron chi connectivity index (χ4n) is 1.82. The van der Waals surface area contributed by atoms with Gasteiger partial charge in [0.15, 0.2) is 5.84 Å². The van der Waals surface area contributed by atoms with Crippen molar-refractivity contribution in [3.05, 3.63) is 0 Å². The van der Waals surface area contributed by atoms with E-state index in [-0.39, 0.29) is 24.2 Å². The molecule has 0 aromatic rings. The summed E-state index contributed by atoms with van der Waals surface area (Å²) in [5, 5.41) is 11.7. The van der Waals surface area contributed by atoms with E-state index in [1.165, 1.54) is 9.80 Å². The van der Waals surface area contributed by atoms with E-state index in [9.17, 15) is 9.59 Å². The first kappa shape index (κ1) is 18.2. The summed E-state index contributed by atoms with van der Waals surface area (Å²) in [6.07, 6.45) is 1.96. The number of amides is 2. The molecule has 0 aliphatic carbocycles. The Balaban J connectivity index is 5.04. The van der Waals surface area contributed by atoms with Crippen molar-refractivity contribution in [2.75, 3.05) is 27.2 Å². The molecule has 0 fully saturated rings. The van der Waals surface area contributed by atoms with Gasteiger partial charge in [0.2, 0.25) is 11.8 Å². The Morgan fingerprint density at radius 3 is 2.25 bits per heavy atom. The van der Waals surface area contributed by atoms with Crippen LogP contribution in [0.3, 0.4) is 0 Å². The number of carbonyl (C=O) groups is 2. The molecule has 0 spiro atoms. The monoisotopic (exact) mass is 286 g/mol. The molecule has 0 rings (SSSR count). The average Bonchev–Trinajstić information content (AvgIpc) is 2.42. The van der Waals surface area contributed by atoms with Crippen molar-refractivity contribution in [2.24, 2.45) is 16.8 Å². The van der Waals surface area contributed by atoms with E-state index in [0.29, 0.717) is 13.0 Å². The van der Waals surface area contributed by atoms with Gasteiger partial charge in [-0.3, -0.25) is 9.59 Å². The summed E-state index contributed by atoms with van der Waals surface area (Å²) in [5.41, 5.74) is 5.59. The fourth-order valence-corrected chi connectivity index (χ4v) is 1.82. The van der Waals surface area contributed by atoms with Crippen molar-refractivity contribution >= 4 is 17.6 Å². The highest BCUT2D eigenvalue weighted by Crippen LogP contribution is 2.12. The first-order valence-corrected chi connectivity index (χ1v) is 6.85. The van der Waals surface area contributed by atoms with Gasteiger partial charge in [0, 0.05) is 20.6 Å². The number of hydrogen-bond acceptors (Lipinski definition) is 4. The van der Waals surface area contributed by atoms with E-state index >= 15 is 0 Å². The van der Waals surface area contributed by atoms with E-state index in [1.807, 2.05) is 13.8 Å². The molecule has 0 saturated heterocycles. The quantitative estimate of drug-likeness (QED) is 0.293. The van der Waals surface area contributed by atoms with Gasteiger partial charge < -0.3 is 20.7 Å². The molecule has 0 bridgehead atoms. The Kier molecular flexibility index (Phi) is 8.35. The molecule has 116 valence electrons. The third-order valence-electron chi connectivity index (χ3n) is 2.98. The van der Waals surface area contributed by atoms with Crippen LogP contribution in [0.15, 0.2) is 5.16 Å². The minimum absolute atomic E-state index is 0.0125. The van der Waals surface area contributed by atoms with Gasteiger partial charge in [-0.2, -0.15) is 0 Å². The number of amidine groups is 1. The van der Waals surface area contributed by atoms with Gasteiger partial charge >= 0.3 is 0 Å². The first-order valence-electron chi connectivity index (χ1n) is 6.85. The number of nitrogens with zero attached hydrogens (tertiary/aromatic N) is 3. The number of oxime groups is 1. The predicted octanol–water partition coefficient (Wildman–Crippen LogP) is 0.476. The van der Waals surface area contributed by atoms with Crippen LogP contribution in [0.2, 0.25) is 0 Å². The Bertz CT molecular complexity index is 356. The molecule has 0 radical (unpaired) electrons. The lowest BCUT2D eigenvalue weighted by Crippen LogP contribution is -2.46. The topological polar surface area (TPSA) is 99.2 Å². The summed E-state index contributed by atoms with van der Waals surface area (Å²) in [7, 11) is 3.29. The third kappa shape index (κ3) is 5.46. The Morgan fingerprint density at radius 2 is 1.85 bits per heavy atom. The van der Waals surface area contributed by atoms with Gasteiger partial charge in [0.25, 0.3) is 0 Å². The van der Waals surface area contributed by atoms with Crippen LogP contribution in [-0.2, 0) is 9.59 Å². The van der Waals surface area contributed by atoms with E-state index in [2.05, 4.69) is 5.16 Å². The molecule has 0 heterocycles. The molecule has 7 heteroatoms. The van der Waals surface area contributed by atoms with Crippen molar-refractivity contribution in [1.29, 1.82) is 0 Å². The van der Waals surface area contributed by atoms with Crippen molar-refractivity contribution in [1.82, 2.24) is 9.80 Å². The maximum Gasteiger partial charge on any atom is 0.241 e. The summed E-state index contributed by atoms with van der Waals surface area (Å²) in [4.78, 5) is 27.2. The van der Waals surface area contributed by atoms with Crippen molar-refractivity contribution in [2.45, 2.75) is 33.1 Å². The van der Waals surface area contributed by atoms with Crippen LogP contribution in [-0.4, -0.2) is 59.8 Å². The molecule has 0 saturated carbocycles. The second-order valence-corrected chi connectivity index (χ2v) is 4.91. The maximum atomic E-state index is 12.5. The van der Waals surface area contributed by atoms with Crippen LogP contribution in [0, 0.1) is 5.92 Å². The molecule has 0 aromatic carbocycles. The summed E-state index contributed by atoms with van der Waals surface area (Å²) in [6, 6.07) is 0. The lowest BCUT2D eigenvalue weighted by molar-refractivity contribution is -0.140. The molecular weight excluding hydrogens is 260 g/mol. The zero-order chi connectivity index (χ0) is 15.7. The van der Waals surface area contributed by atoms with Crippen molar-refractivity contribution < 1.29 is 14.8 Å². The second-order valence-electron chi connectivity index (χ2n) is 4.91. The second kappa shape index (κ2) is 9.17. The largest absolute Gasteiger partial charge is 0.409 e. The summed E-state index contributed by atoms with van der Waals surface area (Å²) in [6.45, 7) is 4.33. The normalized spacial score (nSPS) is 12.9. The molecule has 1 atom stereocenters. The van der Waals surface area contributed by atoms with Crippen molar-refractivity contribution in [3.8, 4) is 0 Å². The third-order valence-corrected chi connectivity index (χ3v) is 2.98. The molecule has 1 unspecified atom stereocenters. The van der Waals surface area contributed by atoms with Gasteiger partial charge in [0.05, 0.1) is 12.5 Å². The highest BCUT2D eigenvalue weighted by Gasteiger charge is 2.28. The highest BCUT2D eigenvalue weighted by molar-refractivity contribution is 6.02. The standard InChI is InChI=1S/C13H26N4O3/c1-5-7-10(12(14)15-20)13(19)17(8-6-2)9-11(18)16(3)4/h10,20H,5-9H2,1-4H3,(H2,14,15). The average molecular weight is 286 g/mol. The van der Waals surface area contributed by atoms with Crippen LogP contribution < -0.4 is 5.73 Å². The zero-order valence-electron chi connectivity index (χ0n) is 12.8. The fraction of sp³-hybridized carbons (Fsp3) is 0.769. The van der Waals surface area contributed by atoms with Crippen LogP contribution in [0.1, 0.15) is 33.1 Å². The van der Waals surface area contributed by atoms with Crippen molar-refractivity contribution in [3.63, 3.8) is 0 Å². The molecule has 20 heavy (non-hydrogen) atoms. The maximum absolute atomic E-state index is 12.5. The van der Waals surface area contributed by atoms with Gasteiger partial charge in [0.1, 0.15) is 0 Å². The minimum Gasteiger partial charge on any atom is -0.409 e. The summed E-state index contributed by atoms with van der Waals surface area (Å²) < 4.78 is 0. The molecule has 0 aromatic heterocycles. The minimum atomic E-state index is -0.675. The molecule has 0 aliphatic heterocycles. The zero-order valence-corrected chi connectivity index (χ0v) is 12.8. The van der Waals surface area contributed by atoms with Gasteiger partial charge in [-0.15, -0.1) is 0 Å². The summed E-state index contributed by atoms with van der Waals surface area (Å²) >= 11 is 0. The smallest absolute Gasteiger partial charge is 0.241 e. The highest BCUT2D eigenvalue weighted by atomic mass is 16.4. The molecule has 3 N–H and O–H groups in total. The van der Waals surface area contributed by atoms with E-state index in [4.69, 9.17) is 10.9 Å². The van der Waals surface area contributed by atoms with Gasteiger partial charge in [-0.1, -0.05) is 25.4 Å². The Hall–Kier alpha value is -1.79. The van der Waals surface area contributed by atoms with Crippen LogP contribution >= 0.6 is 0 Å². The van der Waals surface area contributed by atoms with E-state index in [0.717, 1.165) is 12.8 Å². The number of hydrogen-bond donors (Lipinski definition) is 2. The molecule has 7 nitrogen and oxygen atoms in total. The van der Waals surface area contributed by atoms with E-state index in [1.54, 1.807) is 14.1 Å².